The van der Waals surface area contributed by atoms with Crippen molar-refractivity contribution in [2.75, 3.05) is 13.1 Å². The highest BCUT2D eigenvalue weighted by atomic mass is 79.9. The van der Waals surface area contributed by atoms with Crippen molar-refractivity contribution in [3.63, 3.8) is 0 Å². The summed E-state index contributed by atoms with van der Waals surface area (Å²) in [5.74, 6) is 0.539. The van der Waals surface area contributed by atoms with Gasteiger partial charge >= 0.3 is 0 Å². The molecule has 0 atom stereocenters. The number of piperidine rings is 1. The summed E-state index contributed by atoms with van der Waals surface area (Å²) in [5.41, 5.74) is 3.74. The Labute approximate surface area is 193 Å². The van der Waals surface area contributed by atoms with E-state index in [-0.39, 0.29) is 17.9 Å². The van der Waals surface area contributed by atoms with Crippen LogP contribution in [0.25, 0.3) is 5.69 Å². The van der Waals surface area contributed by atoms with Crippen LogP contribution >= 0.6 is 15.9 Å². The molecule has 6 heteroatoms. The number of benzene rings is 1. The molecule has 2 heterocycles. The van der Waals surface area contributed by atoms with Crippen molar-refractivity contribution < 1.29 is 9.59 Å². The van der Waals surface area contributed by atoms with Gasteiger partial charge in [0, 0.05) is 46.6 Å². The molecule has 0 unspecified atom stereocenters. The lowest BCUT2D eigenvalue weighted by atomic mass is 9.87. The van der Waals surface area contributed by atoms with Crippen LogP contribution in [0.2, 0.25) is 0 Å². The van der Waals surface area contributed by atoms with Crippen LogP contribution in [0.5, 0.6) is 0 Å². The second-order valence-electron chi connectivity index (χ2n) is 9.01. The smallest absolute Gasteiger partial charge is 0.253 e. The molecule has 2 fully saturated rings. The molecule has 0 spiro atoms. The minimum Gasteiger partial charge on any atom is -0.349 e. The van der Waals surface area contributed by atoms with E-state index >= 15 is 0 Å². The normalized spacial score (nSPS) is 18.2. The zero-order valence-corrected chi connectivity index (χ0v) is 20.1. The highest BCUT2D eigenvalue weighted by Crippen LogP contribution is 2.27. The van der Waals surface area contributed by atoms with Gasteiger partial charge in [-0.1, -0.05) is 41.3 Å². The maximum Gasteiger partial charge on any atom is 0.253 e. The van der Waals surface area contributed by atoms with Crippen molar-refractivity contribution in [1.29, 1.82) is 0 Å². The molecule has 5 nitrogen and oxygen atoms in total. The molecule has 1 aliphatic carbocycles. The number of carbonyl (C=O) groups is 2. The van der Waals surface area contributed by atoms with Crippen molar-refractivity contribution in [2.24, 2.45) is 5.92 Å². The predicted molar refractivity (Wildman–Crippen MR) is 127 cm³/mol. The van der Waals surface area contributed by atoms with Gasteiger partial charge in [-0.05, 0) is 63.8 Å². The van der Waals surface area contributed by atoms with E-state index in [0.717, 1.165) is 65.9 Å². The van der Waals surface area contributed by atoms with Crippen molar-refractivity contribution in [2.45, 2.75) is 64.8 Å². The summed E-state index contributed by atoms with van der Waals surface area (Å²) < 4.78 is 3.13. The Morgan fingerprint density at radius 2 is 1.71 bits per heavy atom. The Hall–Kier alpha value is -2.08. The zero-order chi connectivity index (χ0) is 22.0. The number of hydrogen-bond donors (Lipinski definition) is 1. The molecular formula is C25H32BrN3O2. The Morgan fingerprint density at radius 1 is 1.00 bits per heavy atom. The first-order chi connectivity index (χ1) is 14.9. The summed E-state index contributed by atoms with van der Waals surface area (Å²) in [6.07, 6.45) is 7.37. The highest BCUT2D eigenvalue weighted by molar-refractivity contribution is 9.10. The van der Waals surface area contributed by atoms with Crippen LogP contribution in [0.1, 0.15) is 66.7 Å². The number of nitrogens with zero attached hydrogens (tertiary/aromatic N) is 2. The quantitative estimate of drug-likeness (QED) is 0.650. The summed E-state index contributed by atoms with van der Waals surface area (Å²) in [7, 11) is 0. The number of amides is 2. The Bertz CT molecular complexity index is 954. The lowest BCUT2D eigenvalue weighted by Crippen LogP contribution is -2.48. The van der Waals surface area contributed by atoms with Gasteiger partial charge in [0.05, 0.1) is 5.56 Å². The van der Waals surface area contributed by atoms with E-state index in [0.29, 0.717) is 5.91 Å². The summed E-state index contributed by atoms with van der Waals surface area (Å²) in [4.78, 5) is 27.9. The fraction of sp³-hybridized carbons (Fsp3) is 0.520. The van der Waals surface area contributed by atoms with Crippen LogP contribution in [0.15, 0.2) is 34.8 Å². The summed E-state index contributed by atoms with van der Waals surface area (Å²) in [6.45, 7) is 5.52. The largest absolute Gasteiger partial charge is 0.349 e. The second-order valence-corrected chi connectivity index (χ2v) is 9.92. The van der Waals surface area contributed by atoms with Crippen LogP contribution in [-0.4, -0.2) is 40.4 Å². The number of rotatable bonds is 4. The molecule has 0 radical (unpaired) electrons. The van der Waals surface area contributed by atoms with Gasteiger partial charge in [0.1, 0.15) is 0 Å². The van der Waals surface area contributed by atoms with E-state index in [1.54, 1.807) is 0 Å². The van der Waals surface area contributed by atoms with Gasteiger partial charge in [-0.3, -0.25) is 9.59 Å². The molecular weight excluding hydrogens is 454 g/mol. The van der Waals surface area contributed by atoms with E-state index in [2.05, 4.69) is 31.9 Å². The van der Waals surface area contributed by atoms with E-state index < -0.39 is 0 Å². The molecule has 1 saturated heterocycles. The van der Waals surface area contributed by atoms with Crippen molar-refractivity contribution in [3.8, 4) is 5.69 Å². The maximum absolute atomic E-state index is 13.0. The molecule has 2 aromatic rings. The fourth-order valence-corrected chi connectivity index (χ4v) is 5.51. The number of carbonyl (C=O) groups excluding carboxylic acids is 2. The Kier molecular flexibility index (Phi) is 6.85. The number of likely N-dealkylation sites (tertiary alicyclic amines) is 1. The molecule has 4 rings (SSSR count). The van der Waals surface area contributed by atoms with Gasteiger partial charge in [-0.15, -0.1) is 0 Å². The average Bonchev–Trinajstić information content (AvgIpc) is 3.08. The van der Waals surface area contributed by atoms with E-state index in [1.807, 2.05) is 43.0 Å². The van der Waals surface area contributed by atoms with E-state index in [1.165, 1.54) is 19.3 Å². The molecule has 2 amide bonds. The van der Waals surface area contributed by atoms with Crippen LogP contribution < -0.4 is 5.32 Å². The maximum atomic E-state index is 13.0. The van der Waals surface area contributed by atoms with Crippen molar-refractivity contribution in [3.05, 3.63) is 51.8 Å². The van der Waals surface area contributed by atoms with Gasteiger partial charge in [-0.2, -0.15) is 0 Å². The highest BCUT2D eigenvalue weighted by Gasteiger charge is 2.30. The molecule has 0 bridgehead atoms. The van der Waals surface area contributed by atoms with Crippen LogP contribution in [0.4, 0.5) is 0 Å². The third-order valence-corrected chi connectivity index (χ3v) is 7.33. The van der Waals surface area contributed by atoms with Gasteiger partial charge in [0.25, 0.3) is 5.91 Å². The first-order valence-corrected chi connectivity index (χ1v) is 12.3. The number of aromatic nitrogens is 1. The lowest BCUT2D eigenvalue weighted by Gasteiger charge is -2.35. The van der Waals surface area contributed by atoms with E-state index in [4.69, 9.17) is 0 Å². The summed E-state index contributed by atoms with van der Waals surface area (Å²) in [6, 6.07) is 10.2. The SMILES string of the molecule is Cc1cc(C(=O)NC2CCN(C(=O)C3CCCCC3)CC2)c(C)n1-c1cccc(Br)c1. The minimum atomic E-state index is -0.0218. The minimum absolute atomic E-state index is 0.0218. The van der Waals surface area contributed by atoms with Crippen molar-refractivity contribution >= 4 is 27.7 Å². The van der Waals surface area contributed by atoms with Gasteiger partial charge in [0.15, 0.2) is 0 Å². The average molecular weight is 486 g/mol. The summed E-state index contributed by atoms with van der Waals surface area (Å²) >= 11 is 3.53. The van der Waals surface area contributed by atoms with Crippen LogP contribution in [0, 0.1) is 19.8 Å². The Morgan fingerprint density at radius 3 is 2.39 bits per heavy atom. The third kappa shape index (κ3) is 4.89. The standard InChI is InChI=1S/C25H32BrN3O2/c1-17-15-23(18(2)29(17)22-10-6-9-20(26)16-22)24(30)27-21-11-13-28(14-12-21)25(31)19-7-4-3-5-8-19/h6,9-10,15-16,19,21H,3-5,7-8,11-14H2,1-2H3,(H,27,30). The predicted octanol–water partition coefficient (Wildman–Crippen LogP) is 5.16. The molecule has 166 valence electrons. The molecule has 1 saturated carbocycles. The summed E-state index contributed by atoms with van der Waals surface area (Å²) in [5, 5.41) is 3.22. The number of aryl methyl sites for hydroxylation is 1. The number of hydrogen-bond acceptors (Lipinski definition) is 2. The van der Waals surface area contributed by atoms with Crippen molar-refractivity contribution in [1.82, 2.24) is 14.8 Å². The van der Waals surface area contributed by atoms with E-state index in [9.17, 15) is 9.59 Å². The first-order valence-electron chi connectivity index (χ1n) is 11.5. The monoisotopic (exact) mass is 485 g/mol. The van der Waals surface area contributed by atoms with Gasteiger partial charge in [0.2, 0.25) is 5.91 Å². The third-order valence-electron chi connectivity index (χ3n) is 6.84. The lowest BCUT2D eigenvalue weighted by molar-refractivity contribution is -0.137. The van der Waals surface area contributed by atoms with Crippen LogP contribution in [-0.2, 0) is 4.79 Å². The van der Waals surface area contributed by atoms with Gasteiger partial charge < -0.3 is 14.8 Å². The zero-order valence-electron chi connectivity index (χ0n) is 18.5. The second kappa shape index (κ2) is 9.60. The molecule has 1 aliphatic heterocycles. The Balaban J connectivity index is 1.37. The molecule has 2 aliphatic rings. The fourth-order valence-electron chi connectivity index (χ4n) is 5.12. The number of nitrogens with one attached hydrogen (secondary N) is 1. The number of halogens is 1. The molecule has 1 N–H and O–H groups in total. The van der Waals surface area contributed by atoms with Gasteiger partial charge in [-0.25, -0.2) is 0 Å². The molecule has 31 heavy (non-hydrogen) atoms. The molecule has 1 aromatic carbocycles. The molecule has 1 aromatic heterocycles. The van der Waals surface area contributed by atoms with Crippen LogP contribution in [0.3, 0.4) is 0 Å². The first kappa shape index (κ1) is 22.1. The topological polar surface area (TPSA) is 54.3 Å².